The van der Waals surface area contributed by atoms with Crippen molar-refractivity contribution in [3.8, 4) is 0 Å². The van der Waals surface area contributed by atoms with E-state index in [-0.39, 0.29) is 6.04 Å². The number of alkyl carbamates (subject to hydrolysis) is 1. The van der Waals surface area contributed by atoms with Gasteiger partial charge < -0.3 is 29.4 Å². The van der Waals surface area contributed by atoms with Gasteiger partial charge in [-0.3, -0.25) is 4.98 Å². The standard InChI is InChI=1S/C31H44N6O4/c1-30(2,3)40-28(38)33-17-11-18-36(29(39)41-31(4,5)6)21-25-24(35-26-15-7-8-19-37(25)26)20-34-23-14-9-12-22-13-10-16-32-27(22)23/h7-8,10,13,15-16,19,23,34H,9,11-12,14,17-18,20-21H2,1-6H3,(H,33,38). The van der Waals surface area contributed by atoms with Crippen molar-refractivity contribution in [3.05, 3.63) is 65.4 Å². The molecule has 10 nitrogen and oxygen atoms in total. The average Bonchev–Trinajstić information content (AvgIpc) is 3.24. The Kier molecular flexibility index (Phi) is 9.53. The van der Waals surface area contributed by atoms with Gasteiger partial charge >= 0.3 is 12.2 Å². The Morgan fingerprint density at radius 3 is 2.61 bits per heavy atom. The Balaban J connectivity index is 1.51. The van der Waals surface area contributed by atoms with E-state index in [0.717, 1.165) is 42.0 Å². The second kappa shape index (κ2) is 12.9. The molecule has 222 valence electrons. The third-order valence-corrected chi connectivity index (χ3v) is 6.69. The largest absolute Gasteiger partial charge is 0.444 e. The van der Waals surface area contributed by atoms with Gasteiger partial charge in [0, 0.05) is 32.0 Å². The highest BCUT2D eigenvalue weighted by Crippen LogP contribution is 2.28. The second-order valence-electron chi connectivity index (χ2n) is 12.5. The van der Waals surface area contributed by atoms with Crippen LogP contribution in [0.15, 0.2) is 42.7 Å². The molecule has 3 aromatic heterocycles. The third kappa shape index (κ3) is 8.66. The summed E-state index contributed by atoms with van der Waals surface area (Å²) >= 11 is 0. The number of imidazole rings is 1. The van der Waals surface area contributed by atoms with Crippen LogP contribution in [0.1, 0.15) is 89.5 Å². The van der Waals surface area contributed by atoms with Crippen LogP contribution >= 0.6 is 0 Å². The quantitative estimate of drug-likeness (QED) is 0.328. The summed E-state index contributed by atoms with van der Waals surface area (Å²) in [6, 6.07) is 10.2. The number of nitrogens with zero attached hydrogens (tertiary/aromatic N) is 4. The first-order chi connectivity index (χ1) is 19.4. The van der Waals surface area contributed by atoms with Crippen molar-refractivity contribution in [2.24, 2.45) is 0 Å². The lowest BCUT2D eigenvalue weighted by atomic mass is 9.92. The molecule has 1 unspecified atom stereocenters. The SMILES string of the molecule is CC(C)(C)OC(=O)NCCCN(Cc1c(CNC2CCCc3cccnc32)nc2ccccn12)C(=O)OC(C)(C)C. The van der Waals surface area contributed by atoms with E-state index in [1.54, 1.807) is 4.90 Å². The van der Waals surface area contributed by atoms with Crippen LogP contribution in [0.5, 0.6) is 0 Å². The Labute approximate surface area is 242 Å². The number of amides is 2. The molecule has 4 rings (SSSR count). The smallest absolute Gasteiger partial charge is 0.410 e. The van der Waals surface area contributed by atoms with Gasteiger partial charge in [0.1, 0.15) is 16.8 Å². The van der Waals surface area contributed by atoms with Gasteiger partial charge in [-0.25, -0.2) is 14.6 Å². The molecule has 1 aliphatic carbocycles. The molecule has 1 aliphatic rings. The first-order valence-corrected chi connectivity index (χ1v) is 14.5. The summed E-state index contributed by atoms with van der Waals surface area (Å²) in [4.78, 5) is 36.7. The van der Waals surface area contributed by atoms with Crippen LogP contribution in [-0.4, -0.2) is 55.7 Å². The summed E-state index contributed by atoms with van der Waals surface area (Å²) in [5, 5.41) is 6.46. The van der Waals surface area contributed by atoms with E-state index in [9.17, 15) is 9.59 Å². The maximum atomic E-state index is 13.3. The number of rotatable bonds is 9. The molecule has 0 bridgehead atoms. The van der Waals surface area contributed by atoms with E-state index < -0.39 is 23.4 Å². The minimum atomic E-state index is -0.644. The Morgan fingerprint density at radius 2 is 1.85 bits per heavy atom. The topological polar surface area (TPSA) is 110 Å². The van der Waals surface area contributed by atoms with E-state index in [2.05, 4.69) is 21.7 Å². The molecule has 3 heterocycles. The van der Waals surface area contributed by atoms with Crippen molar-refractivity contribution in [1.29, 1.82) is 0 Å². The molecule has 0 saturated heterocycles. The number of ether oxygens (including phenoxy) is 2. The molecule has 0 radical (unpaired) electrons. The molecule has 41 heavy (non-hydrogen) atoms. The number of hydrogen-bond donors (Lipinski definition) is 2. The fraction of sp³-hybridized carbons (Fsp3) is 0.548. The summed E-state index contributed by atoms with van der Waals surface area (Å²) in [7, 11) is 0. The molecule has 2 amide bonds. The Bertz CT molecular complexity index is 1340. The third-order valence-electron chi connectivity index (χ3n) is 6.69. The van der Waals surface area contributed by atoms with Gasteiger partial charge in [0.25, 0.3) is 0 Å². The zero-order valence-electron chi connectivity index (χ0n) is 25.2. The maximum absolute atomic E-state index is 13.3. The van der Waals surface area contributed by atoms with E-state index >= 15 is 0 Å². The molecule has 0 saturated carbocycles. The summed E-state index contributed by atoms with van der Waals surface area (Å²) in [5.41, 5.74) is 3.79. The first-order valence-electron chi connectivity index (χ1n) is 14.5. The second-order valence-corrected chi connectivity index (χ2v) is 12.5. The lowest BCUT2D eigenvalue weighted by molar-refractivity contribution is 0.0228. The summed E-state index contributed by atoms with van der Waals surface area (Å²) in [5.74, 6) is 0. The van der Waals surface area contributed by atoms with E-state index in [4.69, 9.17) is 14.5 Å². The van der Waals surface area contributed by atoms with Crippen molar-refractivity contribution in [3.63, 3.8) is 0 Å². The van der Waals surface area contributed by atoms with Gasteiger partial charge in [-0.05, 0) is 91.0 Å². The summed E-state index contributed by atoms with van der Waals surface area (Å²) in [6.07, 6.45) is 6.64. The fourth-order valence-corrected chi connectivity index (χ4v) is 4.95. The molecule has 3 aromatic rings. The van der Waals surface area contributed by atoms with Gasteiger partial charge in [-0.2, -0.15) is 0 Å². The van der Waals surface area contributed by atoms with Crippen LogP contribution in [0, 0.1) is 0 Å². The monoisotopic (exact) mass is 564 g/mol. The number of pyridine rings is 2. The Hall–Kier alpha value is -3.66. The van der Waals surface area contributed by atoms with Gasteiger partial charge in [-0.15, -0.1) is 0 Å². The predicted octanol–water partition coefficient (Wildman–Crippen LogP) is 5.55. The molecule has 0 aliphatic heterocycles. The van der Waals surface area contributed by atoms with E-state index in [1.807, 2.05) is 82.6 Å². The van der Waals surface area contributed by atoms with Crippen molar-refractivity contribution in [2.75, 3.05) is 13.1 Å². The van der Waals surface area contributed by atoms with Crippen molar-refractivity contribution in [2.45, 2.75) is 97.6 Å². The zero-order chi connectivity index (χ0) is 29.6. The average molecular weight is 565 g/mol. The summed E-state index contributed by atoms with van der Waals surface area (Å²) in [6.45, 7) is 12.6. The number of fused-ring (bicyclic) bond motifs is 2. The summed E-state index contributed by atoms with van der Waals surface area (Å²) < 4.78 is 13.1. The predicted molar refractivity (Wildman–Crippen MR) is 157 cm³/mol. The highest BCUT2D eigenvalue weighted by Gasteiger charge is 2.26. The van der Waals surface area contributed by atoms with Crippen LogP contribution < -0.4 is 10.6 Å². The van der Waals surface area contributed by atoms with Crippen LogP contribution in [0.3, 0.4) is 0 Å². The van der Waals surface area contributed by atoms with Gasteiger partial charge in [0.15, 0.2) is 0 Å². The Morgan fingerprint density at radius 1 is 1.07 bits per heavy atom. The molecule has 10 heteroatoms. The zero-order valence-corrected chi connectivity index (χ0v) is 25.2. The first kappa shape index (κ1) is 30.3. The van der Waals surface area contributed by atoms with Crippen LogP contribution in [0.2, 0.25) is 0 Å². The number of nitrogens with one attached hydrogen (secondary N) is 2. The van der Waals surface area contributed by atoms with Gasteiger partial charge in [0.05, 0.1) is 29.7 Å². The molecule has 0 spiro atoms. The molecule has 1 atom stereocenters. The van der Waals surface area contributed by atoms with Crippen molar-refractivity contribution >= 4 is 17.8 Å². The highest BCUT2D eigenvalue weighted by molar-refractivity contribution is 5.68. The maximum Gasteiger partial charge on any atom is 0.410 e. The van der Waals surface area contributed by atoms with E-state index in [0.29, 0.717) is 32.6 Å². The van der Waals surface area contributed by atoms with Crippen LogP contribution in [0.4, 0.5) is 9.59 Å². The molecule has 0 aromatic carbocycles. The minimum absolute atomic E-state index is 0.151. The number of aromatic nitrogens is 3. The normalized spacial score (nSPS) is 15.3. The fourth-order valence-electron chi connectivity index (χ4n) is 4.95. The number of aryl methyl sites for hydroxylation is 1. The highest BCUT2D eigenvalue weighted by atomic mass is 16.6. The van der Waals surface area contributed by atoms with Crippen LogP contribution in [0.25, 0.3) is 5.65 Å². The van der Waals surface area contributed by atoms with Crippen LogP contribution in [-0.2, 0) is 29.0 Å². The minimum Gasteiger partial charge on any atom is -0.444 e. The lowest BCUT2D eigenvalue weighted by Crippen LogP contribution is -2.39. The number of carbonyl (C=O) groups is 2. The van der Waals surface area contributed by atoms with E-state index in [1.165, 1.54) is 5.56 Å². The van der Waals surface area contributed by atoms with Gasteiger partial charge in [0.2, 0.25) is 0 Å². The molecule has 0 fully saturated rings. The van der Waals surface area contributed by atoms with Gasteiger partial charge in [-0.1, -0.05) is 12.1 Å². The number of carbonyl (C=O) groups excluding carboxylic acids is 2. The molecular formula is C31H44N6O4. The lowest BCUT2D eigenvalue weighted by Gasteiger charge is -2.28. The molecule has 2 N–H and O–H groups in total. The molecular weight excluding hydrogens is 520 g/mol. The van der Waals surface area contributed by atoms with Crippen molar-refractivity contribution < 1.29 is 19.1 Å². The number of hydrogen-bond acceptors (Lipinski definition) is 7. The van der Waals surface area contributed by atoms with Crippen molar-refractivity contribution in [1.82, 2.24) is 29.9 Å².